The van der Waals surface area contributed by atoms with Crippen molar-refractivity contribution in [2.24, 2.45) is 9.98 Å². The fourth-order valence-electron chi connectivity index (χ4n) is 6.61. The fourth-order valence-corrected chi connectivity index (χ4v) is 6.61. The van der Waals surface area contributed by atoms with E-state index in [1.165, 1.54) is 21.5 Å². The van der Waals surface area contributed by atoms with Crippen LogP contribution < -0.4 is 5.32 Å². The highest BCUT2D eigenvalue weighted by Gasteiger charge is 2.27. The highest BCUT2D eigenvalue weighted by molar-refractivity contribution is 6.17. The van der Waals surface area contributed by atoms with E-state index >= 15 is 0 Å². The van der Waals surface area contributed by atoms with Crippen LogP contribution in [-0.4, -0.2) is 11.7 Å². The Morgan fingerprint density at radius 1 is 0.467 bits per heavy atom. The lowest BCUT2D eigenvalue weighted by atomic mass is 9.90. The third-order valence-corrected chi connectivity index (χ3v) is 8.73. The van der Waals surface area contributed by atoms with Gasteiger partial charge in [-0.2, -0.15) is 0 Å². The van der Waals surface area contributed by atoms with Crippen molar-refractivity contribution in [2.75, 3.05) is 0 Å². The molecule has 7 aromatic carbocycles. The van der Waals surface area contributed by atoms with Gasteiger partial charge in [0.25, 0.3) is 0 Å². The van der Waals surface area contributed by atoms with Crippen LogP contribution in [0.4, 0.5) is 0 Å². The number of benzene rings is 7. The summed E-state index contributed by atoms with van der Waals surface area (Å²) in [4.78, 5) is 10.7. The monoisotopic (exact) mass is 577 g/mol. The van der Waals surface area contributed by atoms with E-state index in [0.29, 0.717) is 0 Å². The Morgan fingerprint density at radius 3 is 2.02 bits per heavy atom. The molecule has 8 aromatic rings. The van der Waals surface area contributed by atoms with Crippen molar-refractivity contribution in [3.8, 4) is 11.1 Å². The highest BCUT2D eigenvalue weighted by Crippen LogP contribution is 2.44. The topological polar surface area (TPSA) is 49.9 Å². The molecule has 0 fully saturated rings. The summed E-state index contributed by atoms with van der Waals surface area (Å²) in [6.45, 7) is 0. The molecule has 4 heteroatoms. The van der Waals surface area contributed by atoms with Gasteiger partial charge in [-0.1, -0.05) is 133 Å². The van der Waals surface area contributed by atoms with E-state index < -0.39 is 6.17 Å². The maximum atomic E-state index is 6.42. The van der Waals surface area contributed by atoms with Crippen LogP contribution in [-0.2, 0) is 0 Å². The van der Waals surface area contributed by atoms with Crippen molar-refractivity contribution in [3.05, 3.63) is 168 Å². The summed E-state index contributed by atoms with van der Waals surface area (Å²) in [5, 5.41) is 10.4. The molecule has 2 heterocycles. The fraction of sp³-hybridized carbons (Fsp3) is 0.0244. The molecule has 0 radical (unpaired) electrons. The lowest BCUT2D eigenvalue weighted by Gasteiger charge is -2.25. The minimum atomic E-state index is -0.526. The van der Waals surface area contributed by atoms with Gasteiger partial charge in [0.05, 0.1) is 0 Å². The van der Waals surface area contributed by atoms with Crippen LogP contribution in [0, 0.1) is 0 Å². The van der Waals surface area contributed by atoms with E-state index in [1.807, 2.05) is 30.3 Å². The van der Waals surface area contributed by atoms with Gasteiger partial charge in [0, 0.05) is 27.5 Å². The summed E-state index contributed by atoms with van der Waals surface area (Å²) in [6, 6.07) is 52.7. The van der Waals surface area contributed by atoms with Gasteiger partial charge in [0.1, 0.15) is 22.8 Å². The molecule has 0 amide bonds. The number of rotatable bonds is 4. The predicted octanol–water partition coefficient (Wildman–Crippen LogP) is 10.1. The molecule has 9 rings (SSSR count). The molecule has 0 saturated heterocycles. The van der Waals surface area contributed by atoms with E-state index in [-0.39, 0.29) is 0 Å². The summed E-state index contributed by atoms with van der Waals surface area (Å²) in [5.41, 5.74) is 6.96. The molecule has 4 nitrogen and oxygen atoms in total. The molecular formula is C41H27N3O. The van der Waals surface area contributed by atoms with E-state index in [2.05, 4.69) is 127 Å². The van der Waals surface area contributed by atoms with Crippen molar-refractivity contribution in [2.45, 2.75) is 6.17 Å². The van der Waals surface area contributed by atoms with Crippen LogP contribution in [0.3, 0.4) is 0 Å². The predicted molar refractivity (Wildman–Crippen MR) is 186 cm³/mol. The number of hydrogen-bond donors (Lipinski definition) is 1. The van der Waals surface area contributed by atoms with Crippen LogP contribution in [0.1, 0.15) is 22.9 Å². The molecule has 1 atom stereocenters. The van der Waals surface area contributed by atoms with E-state index in [0.717, 1.165) is 61.4 Å². The molecule has 1 aliphatic heterocycles. The third-order valence-electron chi connectivity index (χ3n) is 8.73. The van der Waals surface area contributed by atoms with Gasteiger partial charge < -0.3 is 9.73 Å². The van der Waals surface area contributed by atoms with Crippen LogP contribution in [0.15, 0.2) is 166 Å². The summed E-state index contributed by atoms with van der Waals surface area (Å²) >= 11 is 0. The van der Waals surface area contributed by atoms with Crippen molar-refractivity contribution >= 4 is 55.2 Å². The maximum Gasteiger partial charge on any atom is 0.171 e. The Morgan fingerprint density at radius 2 is 1.16 bits per heavy atom. The number of fused-ring (bicyclic) bond motifs is 5. The van der Waals surface area contributed by atoms with Gasteiger partial charge in [0.2, 0.25) is 0 Å². The number of amidine groups is 2. The standard InChI is InChI=1S/C41H27N3O/c1-2-13-28(14-3-1)39-42-40(30-22-21-26-11-4-5-15-29(26)25-30)44-41(43-39)38-33(32-19-10-16-27-12-6-7-17-31(27)32)23-24-36-37(38)34-18-8-9-20-35(34)45-36/h1-25,41H,(H,42,43,44). The number of nitrogens with one attached hydrogen (secondary N) is 1. The third kappa shape index (κ3) is 4.30. The molecule has 1 aromatic heterocycles. The maximum absolute atomic E-state index is 6.42. The smallest absolute Gasteiger partial charge is 0.171 e. The number of furan rings is 1. The van der Waals surface area contributed by atoms with Gasteiger partial charge in [-0.05, 0) is 50.9 Å². The Hall–Kier alpha value is -6.00. The molecule has 0 spiro atoms. The van der Waals surface area contributed by atoms with Gasteiger partial charge in [-0.15, -0.1) is 0 Å². The summed E-state index contributed by atoms with van der Waals surface area (Å²) in [5.74, 6) is 1.57. The lowest BCUT2D eigenvalue weighted by Crippen LogP contribution is -2.36. The highest BCUT2D eigenvalue weighted by atomic mass is 16.3. The van der Waals surface area contributed by atoms with Crippen molar-refractivity contribution in [3.63, 3.8) is 0 Å². The minimum absolute atomic E-state index is 0.526. The first-order valence-corrected chi connectivity index (χ1v) is 15.2. The second-order valence-corrected chi connectivity index (χ2v) is 11.4. The Labute approximate surface area is 260 Å². The van der Waals surface area contributed by atoms with Crippen LogP contribution in [0.2, 0.25) is 0 Å². The molecule has 0 aliphatic carbocycles. The second-order valence-electron chi connectivity index (χ2n) is 11.4. The number of nitrogens with zero attached hydrogens (tertiary/aromatic N) is 2. The minimum Gasteiger partial charge on any atom is -0.456 e. The van der Waals surface area contributed by atoms with E-state index in [4.69, 9.17) is 14.4 Å². The van der Waals surface area contributed by atoms with Crippen LogP contribution >= 0.6 is 0 Å². The van der Waals surface area contributed by atoms with Gasteiger partial charge >= 0.3 is 0 Å². The van der Waals surface area contributed by atoms with Crippen LogP contribution in [0.5, 0.6) is 0 Å². The summed E-state index contributed by atoms with van der Waals surface area (Å²) < 4.78 is 6.42. The number of hydrogen-bond acceptors (Lipinski definition) is 4. The Bertz CT molecular complexity index is 2470. The zero-order valence-electron chi connectivity index (χ0n) is 24.3. The molecule has 0 bridgehead atoms. The SMILES string of the molecule is c1ccc(C2=NC(c3c(-c4cccc5ccccc45)ccc4oc5ccccc5c34)N=C(c3ccc4ccccc4c3)N2)cc1. The molecule has 212 valence electrons. The Balaban J connectivity index is 1.35. The molecule has 1 aliphatic rings. The first kappa shape index (κ1) is 25.5. The zero-order chi connectivity index (χ0) is 29.7. The molecule has 1 N–H and O–H groups in total. The molecule has 0 saturated carbocycles. The average Bonchev–Trinajstić information content (AvgIpc) is 3.50. The molecule has 1 unspecified atom stereocenters. The average molecular weight is 578 g/mol. The molecule has 45 heavy (non-hydrogen) atoms. The van der Waals surface area contributed by atoms with E-state index in [1.54, 1.807) is 0 Å². The summed E-state index contributed by atoms with van der Waals surface area (Å²) in [7, 11) is 0. The van der Waals surface area contributed by atoms with Crippen LogP contribution in [0.25, 0.3) is 54.6 Å². The number of para-hydroxylation sites is 1. The van der Waals surface area contributed by atoms with Crippen molar-refractivity contribution in [1.82, 2.24) is 5.32 Å². The Kier molecular flexibility index (Phi) is 5.85. The van der Waals surface area contributed by atoms with Gasteiger partial charge in [0.15, 0.2) is 6.17 Å². The zero-order valence-corrected chi connectivity index (χ0v) is 24.3. The molecular weight excluding hydrogens is 550 g/mol. The first-order valence-electron chi connectivity index (χ1n) is 15.2. The van der Waals surface area contributed by atoms with Gasteiger partial charge in [-0.25, -0.2) is 9.98 Å². The normalized spacial score (nSPS) is 14.9. The second kappa shape index (κ2) is 10.3. The summed E-state index contributed by atoms with van der Waals surface area (Å²) in [6.07, 6.45) is -0.526. The lowest BCUT2D eigenvalue weighted by molar-refractivity contribution is 0.667. The van der Waals surface area contributed by atoms with Gasteiger partial charge in [-0.3, -0.25) is 0 Å². The van der Waals surface area contributed by atoms with Crippen molar-refractivity contribution < 1.29 is 4.42 Å². The quantitative estimate of drug-likeness (QED) is 0.226. The van der Waals surface area contributed by atoms with Crippen molar-refractivity contribution in [1.29, 1.82) is 0 Å². The number of aliphatic imine (C=N–C) groups is 2. The largest absolute Gasteiger partial charge is 0.456 e. The first-order chi connectivity index (χ1) is 22.3. The van der Waals surface area contributed by atoms with E-state index in [9.17, 15) is 0 Å².